The summed E-state index contributed by atoms with van der Waals surface area (Å²) in [4.78, 5) is 22.9. The van der Waals surface area contributed by atoms with Crippen LogP contribution >= 0.6 is 34.8 Å². The summed E-state index contributed by atoms with van der Waals surface area (Å²) in [7, 11) is 1.49. The van der Waals surface area contributed by atoms with Crippen molar-refractivity contribution in [3.05, 3.63) is 0 Å². The summed E-state index contributed by atoms with van der Waals surface area (Å²) in [6, 6.07) is 0. The molecule has 0 aromatic rings. The Kier molecular flexibility index (Phi) is 8.33. The lowest BCUT2D eigenvalue weighted by molar-refractivity contribution is -0.161. The van der Waals surface area contributed by atoms with Gasteiger partial charge < -0.3 is 24.6 Å². The largest absolute Gasteiger partial charge is 0.459 e. The van der Waals surface area contributed by atoms with Crippen LogP contribution in [0, 0.1) is 0 Å². The minimum atomic E-state index is -1.98. The molecule has 1 heterocycles. The van der Waals surface area contributed by atoms with Gasteiger partial charge in [-0.3, -0.25) is 9.59 Å². The van der Waals surface area contributed by atoms with E-state index >= 15 is 0 Å². The lowest BCUT2D eigenvalue weighted by atomic mass is 10.1. The Bertz CT molecular complexity index is 417. The molecule has 0 bridgehead atoms. The number of alkyl halides is 3. The van der Waals surface area contributed by atoms with Gasteiger partial charge in [-0.25, -0.2) is 0 Å². The summed E-state index contributed by atoms with van der Waals surface area (Å²) < 4.78 is 13.9. The topological polar surface area (TPSA) is 94.1 Å². The zero-order valence-electron chi connectivity index (χ0n) is 12.8. The van der Waals surface area contributed by atoms with Gasteiger partial charge in [-0.2, -0.15) is 0 Å². The number of carbonyl (C=O) groups is 2. The third-order valence-corrected chi connectivity index (χ3v) is 3.76. The van der Waals surface area contributed by atoms with Crippen molar-refractivity contribution < 1.29 is 28.9 Å². The Balaban J connectivity index is 2.46. The van der Waals surface area contributed by atoms with Gasteiger partial charge in [0, 0.05) is 19.9 Å². The van der Waals surface area contributed by atoms with Crippen LogP contribution in [0.5, 0.6) is 0 Å². The molecule has 0 spiro atoms. The molecule has 1 fully saturated rings. The maximum absolute atomic E-state index is 11.8. The summed E-state index contributed by atoms with van der Waals surface area (Å²) in [5.41, 5.74) is 0. The maximum atomic E-state index is 11.8. The highest BCUT2D eigenvalue weighted by atomic mass is 35.6. The molecule has 0 saturated carbocycles. The van der Waals surface area contributed by atoms with Crippen LogP contribution in [0.4, 0.5) is 0 Å². The molecule has 23 heavy (non-hydrogen) atoms. The highest BCUT2D eigenvalue weighted by Crippen LogP contribution is 2.32. The van der Waals surface area contributed by atoms with Crippen molar-refractivity contribution in [1.82, 2.24) is 5.32 Å². The molecule has 1 aliphatic rings. The molecule has 0 radical (unpaired) electrons. The third-order valence-electron chi connectivity index (χ3n) is 3.20. The third kappa shape index (κ3) is 7.41. The van der Waals surface area contributed by atoms with Crippen molar-refractivity contribution in [3.63, 3.8) is 0 Å². The molecule has 1 saturated heterocycles. The number of hydrogen-bond acceptors (Lipinski definition) is 6. The zero-order chi connectivity index (χ0) is 17.6. The van der Waals surface area contributed by atoms with Crippen molar-refractivity contribution in [2.24, 2.45) is 0 Å². The van der Waals surface area contributed by atoms with Gasteiger partial charge in [0.25, 0.3) is 0 Å². The van der Waals surface area contributed by atoms with Gasteiger partial charge in [-0.05, 0) is 6.92 Å². The van der Waals surface area contributed by atoms with Crippen LogP contribution in [0.15, 0.2) is 0 Å². The molecule has 1 amide bonds. The monoisotopic (exact) mass is 391 g/mol. The predicted molar refractivity (Wildman–Crippen MR) is 84.4 cm³/mol. The highest BCUT2D eigenvalue weighted by Gasteiger charge is 2.38. The number of nitrogens with one attached hydrogen (secondary N) is 1. The van der Waals surface area contributed by atoms with E-state index in [1.807, 2.05) is 6.92 Å². The quantitative estimate of drug-likeness (QED) is 0.385. The van der Waals surface area contributed by atoms with Gasteiger partial charge in [-0.15, -0.1) is 0 Å². The van der Waals surface area contributed by atoms with Gasteiger partial charge in [0.2, 0.25) is 16.0 Å². The summed E-state index contributed by atoms with van der Waals surface area (Å²) in [6.07, 6.45) is -2.42. The average Bonchev–Trinajstić information content (AvgIpc) is 2.80. The van der Waals surface area contributed by atoms with Crippen LogP contribution in [-0.2, 0) is 23.8 Å². The predicted octanol–water partition coefficient (Wildman–Crippen LogP) is 1.31. The Morgan fingerprint density at radius 3 is 2.61 bits per heavy atom. The summed E-state index contributed by atoms with van der Waals surface area (Å²) in [5.74, 6) is -0.758. The van der Waals surface area contributed by atoms with Gasteiger partial charge in [-0.1, -0.05) is 34.8 Å². The smallest absolute Gasteiger partial charge is 0.306 e. The highest BCUT2D eigenvalue weighted by molar-refractivity contribution is 6.67. The normalized spacial score (nSPS) is 25.9. The Labute approximate surface area is 149 Å². The van der Waals surface area contributed by atoms with Crippen LogP contribution in [0.2, 0.25) is 0 Å². The Morgan fingerprint density at radius 1 is 1.39 bits per heavy atom. The second kappa shape index (κ2) is 9.25. The molecule has 4 unspecified atom stereocenters. The molecule has 4 atom stereocenters. The van der Waals surface area contributed by atoms with E-state index in [1.165, 1.54) is 7.05 Å². The second-order valence-electron chi connectivity index (χ2n) is 5.15. The van der Waals surface area contributed by atoms with Crippen LogP contribution in [-0.4, -0.2) is 59.0 Å². The van der Waals surface area contributed by atoms with Gasteiger partial charge in [0.1, 0.15) is 12.2 Å². The van der Waals surface area contributed by atoms with Crippen molar-refractivity contribution >= 4 is 46.7 Å². The van der Waals surface area contributed by atoms with Crippen LogP contribution in [0.1, 0.15) is 26.2 Å². The Hall–Kier alpha value is -0.310. The van der Waals surface area contributed by atoms with E-state index in [0.29, 0.717) is 6.42 Å². The molecule has 0 aromatic heterocycles. The summed E-state index contributed by atoms with van der Waals surface area (Å²) in [5, 5.41) is 11.9. The van der Waals surface area contributed by atoms with Gasteiger partial charge in [0.05, 0.1) is 19.1 Å². The van der Waals surface area contributed by atoms with E-state index in [-0.39, 0.29) is 31.5 Å². The van der Waals surface area contributed by atoms with Crippen molar-refractivity contribution in [2.45, 2.75) is 54.6 Å². The summed E-state index contributed by atoms with van der Waals surface area (Å²) >= 11 is 16.5. The molecular formula is C13H20Cl3NO6. The van der Waals surface area contributed by atoms with Crippen molar-refractivity contribution in [2.75, 3.05) is 13.7 Å². The first kappa shape index (κ1) is 20.7. The number of carbonyl (C=O) groups excluding carboxylic acids is 2. The van der Waals surface area contributed by atoms with E-state index in [4.69, 9.17) is 49.0 Å². The van der Waals surface area contributed by atoms with Crippen LogP contribution in [0.3, 0.4) is 0 Å². The zero-order valence-corrected chi connectivity index (χ0v) is 15.0. The molecule has 10 heteroatoms. The molecule has 1 rings (SSSR count). The van der Waals surface area contributed by atoms with E-state index in [1.54, 1.807) is 0 Å². The van der Waals surface area contributed by atoms with Crippen LogP contribution < -0.4 is 5.32 Å². The minimum absolute atomic E-state index is 0.0328. The number of aliphatic hydroxyl groups is 1. The standard InChI is InChI=1S/C13H20Cl3NO6/c1-7-5-8(23-11(19)4-3-10(18)17-2)9(22-7)6-21-12(20)13(14,15)16/h7-9,12,20H,3-6H2,1-2H3,(H,17,18). The molecule has 1 aliphatic heterocycles. The molecule has 7 nitrogen and oxygen atoms in total. The fourth-order valence-electron chi connectivity index (χ4n) is 2.04. The first-order chi connectivity index (χ1) is 10.6. The Morgan fingerprint density at radius 2 is 2.04 bits per heavy atom. The lowest BCUT2D eigenvalue weighted by Crippen LogP contribution is -2.36. The second-order valence-corrected chi connectivity index (χ2v) is 7.52. The summed E-state index contributed by atoms with van der Waals surface area (Å²) in [6.45, 7) is 1.71. The number of rotatable bonds is 7. The number of aliphatic hydroxyl groups excluding tert-OH is 1. The van der Waals surface area contributed by atoms with Crippen molar-refractivity contribution in [1.29, 1.82) is 0 Å². The number of ether oxygens (including phenoxy) is 3. The lowest BCUT2D eigenvalue weighted by Gasteiger charge is -2.23. The number of amides is 1. The molecule has 0 aromatic carbocycles. The molecule has 134 valence electrons. The molecule has 2 N–H and O–H groups in total. The fourth-order valence-corrected chi connectivity index (χ4v) is 2.23. The minimum Gasteiger partial charge on any atom is -0.459 e. The van der Waals surface area contributed by atoms with E-state index in [0.717, 1.165) is 0 Å². The first-order valence-electron chi connectivity index (χ1n) is 7.05. The number of hydrogen-bond donors (Lipinski definition) is 2. The molecular weight excluding hydrogens is 373 g/mol. The number of esters is 1. The SMILES string of the molecule is CNC(=O)CCC(=O)OC1CC(C)OC1COC(O)C(Cl)(Cl)Cl. The number of halogens is 3. The van der Waals surface area contributed by atoms with Gasteiger partial charge in [0.15, 0.2) is 0 Å². The average molecular weight is 393 g/mol. The van der Waals surface area contributed by atoms with Gasteiger partial charge >= 0.3 is 5.97 Å². The molecule has 0 aliphatic carbocycles. The van der Waals surface area contributed by atoms with E-state index in [9.17, 15) is 14.7 Å². The fraction of sp³-hybridized carbons (Fsp3) is 0.846. The van der Waals surface area contributed by atoms with Crippen molar-refractivity contribution in [3.8, 4) is 0 Å². The first-order valence-corrected chi connectivity index (χ1v) is 8.18. The van der Waals surface area contributed by atoms with Crippen LogP contribution in [0.25, 0.3) is 0 Å². The maximum Gasteiger partial charge on any atom is 0.306 e. The van der Waals surface area contributed by atoms with E-state index in [2.05, 4.69) is 5.32 Å². The van der Waals surface area contributed by atoms with E-state index < -0.39 is 28.3 Å².